The number of amides is 2. The van der Waals surface area contributed by atoms with Crippen molar-refractivity contribution in [2.45, 2.75) is 44.6 Å². The molecule has 6 nitrogen and oxygen atoms in total. The lowest BCUT2D eigenvalue weighted by atomic mass is 9.86. The van der Waals surface area contributed by atoms with E-state index in [4.69, 9.17) is 4.42 Å². The summed E-state index contributed by atoms with van der Waals surface area (Å²) in [6.45, 7) is 1.21. The number of nitrogens with one attached hydrogen (secondary N) is 1. The van der Waals surface area contributed by atoms with Gasteiger partial charge in [-0.05, 0) is 31.7 Å². The third-order valence-electron chi connectivity index (χ3n) is 4.99. The molecule has 1 aromatic rings. The van der Waals surface area contributed by atoms with Gasteiger partial charge in [-0.1, -0.05) is 12.8 Å². The van der Waals surface area contributed by atoms with E-state index >= 15 is 0 Å². The van der Waals surface area contributed by atoms with Gasteiger partial charge in [-0.3, -0.25) is 9.59 Å². The molecule has 122 valence electrons. The van der Waals surface area contributed by atoms with E-state index in [9.17, 15) is 14.9 Å². The minimum atomic E-state index is -0.830. The highest BCUT2D eigenvalue weighted by Crippen LogP contribution is 2.37. The standard InChI is InChI=1S/C17H21N3O3/c18-12-17(6-1-2-7-17)16(22)19-14-3-8-20(9-4-14)15(21)13-5-10-23-11-13/h5,10-11,14H,1-4,6-9H2,(H,19,22). The van der Waals surface area contributed by atoms with Gasteiger partial charge in [0.25, 0.3) is 5.91 Å². The summed E-state index contributed by atoms with van der Waals surface area (Å²) in [6, 6.07) is 3.93. The summed E-state index contributed by atoms with van der Waals surface area (Å²) in [5.74, 6) is -0.162. The predicted octanol–water partition coefficient (Wildman–Crippen LogP) is 2.08. The van der Waals surface area contributed by atoms with Gasteiger partial charge in [0, 0.05) is 19.1 Å². The van der Waals surface area contributed by atoms with Crippen molar-refractivity contribution in [3.63, 3.8) is 0 Å². The molecular weight excluding hydrogens is 294 g/mol. The smallest absolute Gasteiger partial charge is 0.257 e. The van der Waals surface area contributed by atoms with Crippen molar-refractivity contribution in [3.8, 4) is 6.07 Å². The van der Waals surface area contributed by atoms with Crippen LogP contribution in [0.2, 0.25) is 0 Å². The maximum atomic E-state index is 12.4. The number of nitrogens with zero attached hydrogens (tertiary/aromatic N) is 2. The first-order valence-electron chi connectivity index (χ1n) is 8.18. The molecule has 1 saturated heterocycles. The summed E-state index contributed by atoms with van der Waals surface area (Å²) >= 11 is 0. The molecule has 0 spiro atoms. The lowest BCUT2D eigenvalue weighted by Crippen LogP contribution is -2.49. The average Bonchev–Trinajstić information content (AvgIpc) is 3.27. The zero-order chi connectivity index (χ0) is 16.3. The quantitative estimate of drug-likeness (QED) is 0.925. The topological polar surface area (TPSA) is 86.3 Å². The second-order valence-corrected chi connectivity index (χ2v) is 6.45. The van der Waals surface area contributed by atoms with E-state index < -0.39 is 5.41 Å². The fourth-order valence-corrected chi connectivity index (χ4v) is 3.49. The zero-order valence-electron chi connectivity index (χ0n) is 13.1. The van der Waals surface area contributed by atoms with Crippen LogP contribution in [0.15, 0.2) is 23.0 Å². The fraction of sp³-hybridized carbons (Fsp3) is 0.588. The second kappa shape index (κ2) is 6.45. The molecule has 6 heteroatoms. The Labute approximate surface area is 135 Å². The van der Waals surface area contributed by atoms with Crippen LogP contribution in [0.3, 0.4) is 0 Å². The van der Waals surface area contributed by atoms with Crippen molar-refractivity contribution < 1.29 is 14.0 Å². The summed E-state index contributed by atoms with van der Waals surface area (Å²) < 4.78 is 4.95. The molecule has 0 atom stereocenters. The summed E-state index contributed by atoms with van der Waals surface area (Å²) in [5, 5.41) is 12.4. The summed E-state index contributed by atoms with van der Waals surface area (Å²) in [5.41, 5.74) is -0.272. The first kappa shape index (κ1) is 15.6. The molecule has 0 radical (unpaired) electrons. The van der Waals surface area contributed by atoms with Crippen LogP contribution in [-0.4, -0.2) is 35.8 Å². The Bertz CT molecular complexity index is 604. The molecule has 3 rings (SSSR count). The third kappa shape index (κ3) is 3.09. The Morgan fingerprint density at radius 2 is 2.00 bits per heavy atom. The first-order valence-corrected chi connectivity index (χ1v) is 8.18. The largest absolute Gasteiger partial charge is 0.472 e. The van der Waals surface area contributed by atoms with Crippen LogP contribution in [0.25, 0.3) is 0 Å². The number of carbonyl (C=O) groups excluding carboxylic acids is 2. The molecule has 2 fully saturated rings. The van der Waals surface area contributed by atoms with E-state index in [1.54, 1.807) is 11.0 Å². The van der Waals surface area contributed by atoms with Gasteiger partial charge in [0.1, 0.15) is 11.7 Å². The highest BCUT2D eigenvalue weighted by molar-refractivity contribution is 5.93. The van der Waals surface area contributed by atoms with Crippen LogP contribution in [-0.2, 0) is 4.79 Å². The van der Waals surface area contributed by atoms with E-state index in [-0.39, 0.29) is 17.9 Å². The van der Waals surface area contributed by atoms with Crippen LogP contribution in [0.4, 0.5) is 0 Å². The molecular formula is C17H21N3O3. The number of hydrogen-bond donors (Lipinski definition) is 1. The molecule has 2 amide bonds. The molecule has 1 aliphatic heterocycles. The number of rotatable bonds is 3. The van der Waals surface area contributed by atoms with Crippen LogP contribution >= 0.6 is 0 Å². The van der Waals surface area contributed by atoms with Crippen LogP contribution in [0.1, 0.15) is 48.9 Å². The van der Waals surface area contributed by atoms with Crippen molar-refractivity contribution in [2.75, 3.05) is 13.1 Å². The van der Waals surface area contributed by atoms with E-state index in [2.05, 4.69) is 11.4 Å². The van der Waals surface area contributed by atoms with Crippen molar-refractivity contribution in [1.82, 2.24) is 10.2 Å². The molecule has 1 N–H and O–H groups in total. The van der Waals surface area contributed by atoms with Crippen molar-refractivity contribution in [3.05, 3.63) is 24.2 Å². The number of furan rings is 1. The van der Waals surface area contributed by atoms with Gasteiger partial charge in [-0.25, -0.2) is 0 Å². The van der Waals surface area contributed by atoms with Gasteiger partial charge < -0.3 is 14.6 Å². The molecule has 0 aromatic carbocycles. The second-order valence-electron chi connectivity index (χ2n) is 6.45. The van der Waals surface area contributed by atoms with E-state index in [1.165, 1.54) is 12.5 Å². The summed E-state index contributed by atoms with van der Waals surface area (Å²) in [7, 11) is 0. The SMILES string of the molecule is N#CC1(C(=O)NC2CCN(C(=O)c3ccoc3)CC2)CCCC1. The highest BCUT2D eigenvalue weighted by atomic mass is 16.3. The van der Waals surface area contributed by atoms with Gasteiger partial charge in [0.15, 0.2) is 0 Å². The van der Waals surface area contributed by atoms with E-state index in [0.29, 0.717) is 31.5 Å². The number of hydrogen-bond acceptors (Lipinski definition) is 4. The van der Waals surface area contributed by atoms with Crippen LogP contribution in [0.5, 0.6) is 0 Å². The molecule has 0 unspecified atom stereocenters. The minimum absolute atomic E-state index is 0.0344. The Kier molecular flexibility index (Phi) is 4.37. The molecule has 0 bridgehead atoms. The lowest BCUT2D eigenvalue weighted by molar-refractivity contribution is -0.129. The number of piperidine rings is 1. The average molecular weight is 315 g/mol. The number of carbonyl (C=O) groups is 2. The maximum absolute atomic E-state index is 12.4. The van der Waals surface area contributed by atoms with Gasteiger partial charge in [0.05, 0.1) is 17.9 Å². The first-order chi connectivity index (χ1) is 11.1. The van der Waals surface area contributed by atoms with Crippen LogP contribution in [0, 0.1) is 16.7 Å². The van der Waals surface area contributed by atoms with Crippen molar-refractivity contribution >= 4 is 11.8 Å². The summed E-state index contributed by atoms with van der Waals surface area (Å²) in [6.07, 6.45) is 7.58. The lowest BCUT2D eigenvalue weighted by Gasteiger charge is -2.33. The maximum Gasteiger partial charge on any atom is 0.257 e. The fourth-order valence-electron chi connectivity index (χ4n) is 3.49. The molecule has 1 saturated carbocycles. The zero-order valence-corrected chi connectivity index (χ0v) is 13.1. The van der Waals surface area contributed by atoms with Gasteiger partial charge in [-0.15, -0.1) is 0 Å². The summed E-state index contributed by atoms with van der Waals surface area (Å²) in [4.78, 5) is 26.5. The number of nitriles is 1. The minimum Gasteiger partial charge on any atom is -0.472 e. The number of likely N-dealkylation sites (tertiary alicyclic amines) is 1. The van der Waals surface area contributed by atoms with E-state index in [0.717, 1.165) is 25.7 Å². The van der Waals surface area contributed by atoms with Gasteiger partial charge >= 0.3 is 0 Å². The Morgan fingerprint density at radius 3 is 2.57 bits per heavy atom. The monoisotopic (exact) mass is 315 g/mol. The predicted molar refractivity (Wildman–Crippen MR) is 82.3 cm³/mol. The Hall–Kier alpha value is -2.29. The molecule has 1 aliphatic carbocycles. The molecule has 2 heterocycles. The Balaban J connectivity index is 1.52. The molecule has 2 aliphatic rings. The Morgan fingerprint density at radius 1 is 1.30 bits per heavy atom. The molecule has 23 heavy (non-hydrogen) atoms. The normalized spacial score (nSPS) is 20.9. The van der Waals surface area contributed by atoms with Crippen molar-refractivity contribution in [1.29, 1.82) is 5.26 Å². The van der Waals surface area contributed by atoms with E-state index in [1.807, 2.05) is 0 Å². The highest BCUT2D eigenvalue weighted by Gasteiger charge is 2.42. The van der Waals surface area contributed by atoms with Crippen molar-refractivity contribution in [2.24, 2.45) is 5.41 Å². The third-order valence-corrected chi connectivity index (χ3v) is 4.99. The van der Waals surface area contributed by atoms with Gasteiger partial charge in [0.2, 0.25) is 5.91 Å². The van der Waals surface area contributed by atoms with Gasteiger partial charge in [-0.2, -0.15) is 5.26 Å². The van der Waals surface area contributed by atoms with Crippen LogP contribution < -0.4 is 5.32 Å². The molecule has 1 aromatic heterocycles.